The highest BCUT2D eigenvalue weighted by Crippen LogP contribution is 2.36. The number of hydrogen-bond acceptors (Lipinski definition) is 5. The smallest absolute Gasteiger partial charge is 0.399 e. The highest BCUT2D eigenvalue weighted by Gasteiger charge is 2.51. The van der Waals surface area contributed by atoms with E-state index in [4.69, 9.17) is 9.31 Å². The summed E-state index contributed by atoms with van der Waals surface area (Å²) in [6, 6.07) is 5.07. The average molecular weight is 329 g/mol. The molecule has 1 aromatic heterocycles. The Labute approximate surface area is 145 Å². The molecule has 2 aliphatic heterocycles. The summed E-state index contributed by atoms with van der Waals surface area (Å²) < 4.78 is 12.2. The van der Waals surface area contributed by atoms with Gasteiger partial charge in [0.1, 0.15) is 5.82 Å². The van der Waals surface area contributed by atoms with Gasteiger partial charge in [-0.25, -0.2) is 4.98 Å². The van der Waals surface area contributed by atoms with E-state index in [1.54, 1.807) is 0 Å². The van der Waals surface area contributed by atoms with Crippen molar-refractivity contribution >= 4 is 18.4 Å². The normalized spacial score (nSPS) is 26.8. The maximum atomic E-state index is 6.10. The van der Waals surface area contributed by atoms with E-state index < -0.39 is 0 Å². The van der Waals surface area contributed by atoms with Crippen LogP contribution in [-0.4, -0.2) is 60.4 Å². The molecule has 0 radical (unpaired) electrons. The van der Waals surface area contributed by atoms with Gasteiger partial charge in [-0.1, -0.05) is 6.07 Å². The Hall–Kier alpha value is -1.11. The van der Waals surface area contributed by atoms with Crippen LogP contribution in [0.5, 0.6) is 0 Å². The molecule has 0 spiro atoms. The average Bonchev–Trinajstić information content (AvgIpc) is 3.36. The summed E-state index contributed by atoms with van der Waals surface area (Å²) in [5.74, 6) is 1.06. The van der Waals surface area contributed by atoms with E-state index >= 15 is 0 Å². The minimum atomic E-state index is -0.330. The fourth-order valence-electron chi connectivity index (χ4n) is 3.46. The molecule has 1 aromatic rings. The van der Waals surface area contributed by atoms with Crippen molar-refractivity contribution in [2.24, 2.45) is 0 Å². The number of aromatic nitrogens is 1. The summed E-state index contributed by atoms with van der Waals surface area (Å²) >= 11 is 0. The molecule has 0 amide bonds. The van der Waals surface area contributed by atoms with Crippen LogP contribution in [0.3, 0.4) is 0 Å². The fourth-order valence-corrected chi connectivity index (χ4v) is 3.46. The van der Waals surface area contributed by atoms with E-state index in [9.17, 15) is 0 Å². The van der Waals surface area contributed by atoms with E-state index in [0.717, 1.165) is 43.5 Å². The first-order valence-corrected chi connectivity index (χ1v) is 9.16. The molecule has 4 rings (SSSR count). The minimum absolute atomic E-state index is 0.310. The van der Waals surface area contributed by atoms with Crippen LogP contribution in [0.15, 0.2) is 18.3 Å². The third-order valence-corrected chi connectivity index (χ3v) is 6.00. The van der Waals surface area contributed by atoms with Crippen LogP contribution in [0, 0.1) is 0 Å². The molecule has 0 unspecified atom stereocenters. The van der Waals surface area contributed by atoms with E-state index in [-0.39, 0.29) is 18.3 Å². The first kappa shape index (κ1) is 16.4. The number of nitrogens with zero attached hydrogens (tertiary/aromatic N) is 3. The largest absolute Gasteiger partial charge is 0.496 e. The summed E-state index contributed by atoms with van der Waals surface area (Å²) in [6.07, 6.45) is 4.69. The van der Waals surface area contributed by atoms with Gasteiger partial charge >= 0.3 is 7.12 Å². The van der Waals surface area contributed by atoms with Gasteiger partial charge in [0.05, 0.1) is 11.2 Å². The van der Waals surface area contributed by atoms with Crippen LogP contribution in [0.1, 0.15) is 40.5 Å². The third kappa shape index (κ3) is 2.96. The predicted octanol–water partition coefficient (Wildman–Crippen LogP) is 1.67. The Morgan fingerprint density at radius 2 is 1.62 bits per heavy atom. The second kappa shape index (κ2) is 5.72. The van der Waals surface area contributed by atoms with Crippen LogP contribution >= 0.6 is 0 Å². The van der Waals surface area contributed by atoms with Gasteiger partial charge in [0.2, 0.25) is 0 Å². The molecule has 3 aliphatic rings. The predicted molar refractivity (Wildman–Crippen MR) is 96.8 cm³/mol. The second-order valence-electron chi connectivity index (χ2n) is 8.29. The topological polar surface area (TPSA) is 37.8 Å². The van der Waals surface area contributed by atoms with Gasteiger partial charge in [-0.2, -0.15) is 0 Å². The zero-order valence-corrected chi connectivity index (χ0v) is 15.3. The Bertz CT molecular complexity index is 577. The van der Waals surface area contributed by atoms with Crippen LogP contribution in [0.2, 0.25) is 0 Å². The van der Waals surface area contributed by atoms with E-state index in [1.807, 2.05) is 6.20 Å². The molecule has 2 saturated heterocycles. The molecule has 24 heavy (non-hydrogen) atoms. The molecule has 0 bridgehead atoms. The summed E-state index contributed by atoms with van der Waals surface area (Å²) in [6.45, 7) is 12.8. The van der Waals surface area contributed by atoms with Crippen LogP contribution in [0.4, 0.5) is 5.82 Å². The Morgan fingerprint density at radius 1 is 1.00 bits per heavy atom. The summed E-state index contributed by atoms with van der Waals surface area (Å²) in [4.78, 5) is 9.68. The van der Waals surface area contributed by atoms with Crippen molar-refractivity contribution in [1.29, 1.82) is 0 Å². The third-order valence-electron chi connectivity index (χ3n) is 6.00. The first-order chi connectivity index (χ1) is 11.4. The van der Waals surface area contributed by atoms with Gasteiger partial charge in [0, 0.05) is 43.9 Å². The quantitative estimate of drug-likeness (QED) is 0.789. The first-order valence-electron chi connectivity index (χ1n) is 9.16. The van der Waals surface area contributed by atoms with Crippen molar-refractivity contribution in [1.82, 2.24) is 9.88 Å². The van der Waals surface area contributed by atoms with Gasteiger partial charge in [-0.05, 0) is 46.6 Å². The molecule has 3 fully saturated rings. The molecule has 3 heterocycles. The zero-order valence-electron chi connectivity index (χ0n) is 15.3. The van der Waals surface area contributed by atoms with Gasteiger partial charge in [0.25, 0.3) is 0 Å². The monoisotopic (exact) mass is 329 g/mol. The van der Waals surface area contributed by atoms with Gasteiger partial charge in [-0.15, -0.1) is 0 Å². The second-order valence-corrected chi connectivity index (χ2v) is 8.29. The number of hydrogen-bond donors (Lipinski definition) is 0. The lowest BCUT2D eigenvalue weighted by atomic mass is 9.80. The van der Waals surface area contributed by atoms with Crippen molar-refractivity contribution in [3.63, 3.8) is 0 Å². The lowest BCUT2D eigenvalue weighted by Crippen LogP contribution is -2.47. The number of anilines is 1. The zero-order chi connectivity index (χ0) is 16.9. The van der Waals surface area contributed by atoms with Crippen LogP contribution in [0.25, 0.3) is 0 Å². The lowest BCUT2D eigenvalue weighted by Gasteiger charge is -2.35. The maximum Gasteiger partial charge on any atom is 0.496 e. The molecule has 0 aromatic carbocycles. The molecule has 5 nitrogen and oxygen atoms in total. The van der Waals surface area contributed by atoms with Crippen molar-refractivity contribution in [2.75, 3.05) is 31.1 Å². The highest BCUT2D eigenvalue weighted by atomic mass is 16.7. The molecular weight excluding hydrogens is 301 g/mol. The molecule has 1 saturated carbocycles. The van der Waals surface area contributed by atoms with Gasteiger partial charge in [0.15, 0.2) is 0 Å². The van der Waals surface area contributed by atoms with Crippen molar-refractivity contribution in [3.8, 4) is 0 Å². The molecule has 0 N–H and O–H groups in total. The SMILES string of the molecule is CC1(C)OB(c2ccc(N3CCN(C4CC4)CC3)nc2)OC1(C)C. The summed E-state index contributed by atoms with van der Waals surface area (Å²) in [5.41, 5.74) is 0.374. The standard InChI is InChI=1S/C18H28BN3O2/c1-17(2)18(3,4)24-19(23-17)14-5-8-16(20-13-14)22-11-9-21(10-12-22)15-6-7-15/h5,8,13,15H,6-7,9-12H2,1-4H3. The van der Waals surface area contributed by atoms with Crippen LogP contribution < -0.4 is 10.4 Å². The minimum Gasteiger partial charge on any atom is -0.399 e. The van der Waals surface area contributed by atoms with Gasteiger partial charge < -0.3 is 14.2 Å². The highest BCUT2D eigenvalue weighted by molar-refractivity contribution is 6.62. The Kier molecular flexibility index (Phi) is 3.90. The van der Waals surface area contributed by atoms with Gasteiger partial charge in [-0.3, -0.25) is 4.90 Å². The van der Waals surface area contributed by atoms with E-state index in [1.165, 1.54) is 12.8 Å². The molecule has 6 heteroatoms. The van der Waals surface area contributed by atoms with Crippen molar-refractivity contribution in [2.45, 2.75) is 57.8 Å². The lowest BCUT2D eigenvalue weighted by molar-refractivity contribution is 0.00578. The van der Waals surface area contributed by atoms with Crippen LogP contribution in [-0.2, 0) is 9.31 Å². The number of pyridine rings is 1. The molecular formula is C18H28BN3O2. The van der Waals surface area contributed by atoms with E-state index in [0.29, 0.717) is 0 Å². The summed E-state index contributed by atoms with van der Waals surface area (Å²) in [5, 5.41) is 0. The Morgan fingerprint density at radius 3 is 2.12 bits per heavy atom. The van der Waals surface area contributed by atoms with E-state index in [2.05, 4.69) is 54.6 Å². The van der Waals surface area contributed by atoms with Crippen molar-refractivity contribution < 1.29 is 9.31 Å². The fraction of sp³-hybridized carbons (Fsp3) is 0.722. The van der Waals surface area contributed by atoms with Crippen molar-refractivity contribution in [3.05, 3.63) is 18.3 Å². The Balaban J connectivity index is 1.40. The molecule has 130 valence electrons. The molecule has 1 aliphatic carbocycles. The molecule has 0 atom stereocenters. The number of rotatable bonds is 3. The maximum absolute atomic E-state index is 6.10. The summed E-state index contributed by atoms with van der Waals surface area (Å²) in [7, 11) is -0.330. The number of piperazine rings is 1.